The largest absolute Gasteiger partial charge is 0.395 e. The van der Waals surface area contributed by atoms with Gasteiger partial charge in [0.15, 0.2) is 0 Å². The SMILES string of the molecule is NCN(CCO)CCO. The van der Waals surface area contributed by atoms with Gasteiger partial charge in [0, 0.05) is 19.8 Å². The third kappa shape index (κ3) is 4.35. The van der Waals surface area contributed by atoms with Crippen LogP contribution in [0.15, 0.2) is 0 Å². The van der Waals surface area contributed by atoms with Gasteiger partial charge >= 0.3 is 0 Å². The zero-order valence-electron chi connectivity index (χ0n) is 5.45. The second-order valence-electron chi connectivity index (χ2n) is 1.75. The van der Waals surface area contributed by atoms with Crippen LogP contribution in [-0.4, -0.2) is 48.1 Å². The Hall–Kier alpha value is -0.160. The lowest BCUT2D eigenvalue weighted by Crippen LogP contribution is -2.34. The van der Waals surface area contributed by atoms with Crippen LogP contribution in [0.2, 0.25) is 0 Å². The first-order chi connectivity index (χ1) is 4.35. The molecule has 0 heterocycles. The quantitative estimate of drug-likeness (QED) is 0.388. The molecule has 0 fully saturated rings. The third-order valence-electron chi connectivity index (χ3n) is 1.09. The predicted molar refractivity (Wildman–Crippen MR) is 34.8 cm³/mol. The van der Waals surface area contributed by atoms with Crippen LogP contribution in [0, 0.1) is 0 Å². The van der Waals surface area contributed by atoms with E-state index in [1.165, 1.54) is 0 Å². The van der Waals surface area contributed by atoms with E-state index in [0.29, 0.717) is 19.8 Å². The Bertz CT molecular complexity index is 54.9. The Morgan fingerprint density at radius 3 is 1.78 bits per heavy atom. The summed E-state index contributed by atoms with van der Waals surface area (Å²) in [5, 5.41) is 16.8. The summed E-state index contributed by atoms with van der Waals surface area (Å²) in [7, 11) is 0. The second kappa shape index (κ2) is 5.97. The van der Waals surface area contributed by atoms with Crippen LogP contribution in [0.5, 0.6) is 0 Å². The van der Waals surface area contributed by atoms with Gasteiger partial charge in [-0.1, -0.05) is 0 Å². The molecule has 0 saturated heterocycles. The van der Waals surface area contributed by atoms with Gasteiger partial charge in [-0.05, 0) is 0 Å². The first-order valence-electron chi connectivity index (χ1n) is 2.99. The molecule has 0 spiro atoms. The zero-order chi connectivity index (χ0) is 7.11. The normalized spacial score (nSPS) is 10.7. The molecule has 0 aliphatic rings. The summed E-state index contributed by atoms with van der Waals surface area (Å²) in [6.45, 7) is 1.66. The number of rotatable bonds is 5. The van der Waals surface area contributed by atoms with Gasteiger partial charge in [0.05, 0.1) is 13.2 Å². The lowest BCUT2D eigenvalue weighted by Gasteiger charge is -2.16. The molecule has 0 radical (unpaired) electrons. The van der Waals surface area contributed by atoms with E-state index in [0.717, 1.165) is 0 Å². The smallest absolute Gasteiger partial charge is 0.0558 e. The maximum absolute atomic E-state index is 8.42. The number of hydrogen-bond donors (Lipinski definition) is 3. The molecule has 0 saturated carbocycles. The predicted octanol–water partition coefficient (Wildman–Crippen LogP) is -1.81. The summed E-state index contributed by atoms with van der Waals surface area (Å²) < 4.78 is 0. The average Bonchev–Trinajstić information content (AvgIpc) is 1.88. The van der Waals surface area contributed by atoms with E-state index < -0.39 is 0 Å². The highest BCUT2D eigenvalue weighted by atomic mass is 16.3. The summed E-state index contributed by atoms with van der Waals surface area (Å²) in [4.78, 5) is 1.76. The Balaban J connectivity index is 3.18. The molecule has 56 valence electrons. The van der Waals surface area contributed by atoms with Gasteiger partial charge < -0.3 is 15.9 Å². The average molecular weight is 134 g/mol. The Kier molecular flexibility index (Phi) is 5.86. The van der Waals surface area contributed by atoms with Gasteiger partial charge in [-0.3, -0.25) is 4.90 Å². The fourth-order valence-corrected chi connectivity index (χ4v) is 0.577. The molecule has 4 nitrogen and oxygen atoms in total. The molecule has 0 unspecified atom stereocenters. The first-order valence-corrected chi connectivity index (χ1v) is 2.99. The van der Waals surface area contributed by atoms with Crippen LogP contribution >= 0.6 is 0 Å². The summed E-state index contributed by atoms with van der Waals surface area (Å²) in [6.07, 6.45) is 0. The van der Waals surface area contributed by atoms with Crippen LogP contribution in [0.25, 0.3) is 0 Å². The van der Waals surface area contributed by atoms with Crippen LogP contribution < -0.4 is 5.73 Å². The molecule has 0 rings (SSSR count). The lowest BCUT2D eigenvalue weighted by atomic mass is 10.5. The van der Waals surface area contributed by atoms with Crippen molar-refractivity contribution in [3.05, 3.63) is 0 Å². The number of nitrogens with two attached hydrogens (primary N) is 1. The minimum atomic E-state index is 0.0944. The maximum Gasteiger partial charge on any atom is 0.0558 e. The number of aliphatic hydroxyl groups excluding tert-OH is 2. The number of hydrogen-bond acceptors (Lipinski definition) is 4. The number of aliphatic hydroxyl groups is 2. The molecule has 0 amide bonds. The summed E-state index contributed by atoms with van der Waals surface area (Å²) in [5.41, 5.74) is 5.25. The molecular weight excluding hydrogens is 120 g/mol. The second-order valence-corrected chi connectivity index (χ2v) is 1.75. The van der Waals surface area contributed by atoms with Gasteiger partial charge in [-0.15, -0.1) is 0 Å². The summed E-state index contributed by atoms with van der Waals surface area (Å²) in [5.74, 6) is 0. The van der Waals surface area contributed by atoms with E-state index in [-0.39, 0.29) is 13.2 Å². The van der Waals surface area contributed by atoms with Crippen LogP contribution in [0.3, 0.4) is 0 Å². The van der Waals surface area contributed by atoms with Crippen LogP contribution in [-0.2, 0) is 0 Å². The Labute approximate surface area is 54.9 Å². The van der Waals surface area contributed by atoms with Crippen molar-refractivity contribution in [2.24, 2.45) is 5.73 Å². The van der Waals surface area contributed by atoms with Crippen molar-refractivity contribution >= 4 is 0 Å². The molecule has 0 aliphatic heterocycles. The molecular formula is C5H14N2O2. The minimum Gasteiger partial charge on any atom is -0.395 e. The first kappa shape index (κ1) is 8.84. The molecule has 4 heteroatoms. The monoisotopic (exact) mass is 134 g/mol. The third-order valence-corrected chi connectivity index (χ3v) is 1.09. The molecule has 0 aromatic rings. The van der Waals surface area contributed by atoms with Crippen molar-refractivity contribution in [1.29, 1.82) is 0 Å². The van der Waals surface area contributed by atoms with Crippen molar-refractivity contribution in [3.63, 3.8) is 0 Å². The van der Waals surface area contributed by atoms with Crippen LogP contribution in [0.1, 0.15) is 0 Å². The molecule has 4 N–H and O–H groups in total. The minimum absolute atomic E-state index is 0.0944. The van der Waals surface area contributed by atoms with E-state index in [1.54, 1.807) is 4.90 Å². The van der Waals surface area contributed by atoms with E-state index in [2.05, 4.69) is 0 Å². The van der Waals surface area contributed by atoms with E-state index in [4.69, 9.17) is 15.9 Å². The van der Waals surface area contributed by atoms with Crippen molar-refractivity contribution in [3.8, 4) is 0 Å². The van der Waals surface area contributed by atoms with Crippen molar-refractivity contribution in [1.82, 2.24) is 4.90 Å². The Morgan fingerprint density at radius 2 is 1.56 bits per heavy atom. The van der Waals surface area contributed by atoms with Crippen molar-refractivity contribution in [2.75, 3.05) is 33.0 Å². The molecule has 0 bridgehead atoms. The van der Waals surface area contributed by atoms with Crippen molar-refractivity contribution in [2.45, 2.75) is 0 Å². The highest BCUT2D eigenvalue weighted by Gasteiger charge is 1.97. The van der Waals surface area contributed by atoms with Crippen LogP contribution in [0.4, 0.5) is 0 Å². The molecule has 9 heavy (non-hydrogen) atoms. The highest BCUT2D eigenvalue weighted by Crippen LogP contribution is 1.80. The molecule has 0 atom stereocenters. The topological polar surface area (TPSA) is 69.7 Å². The van der Waals surface area contributed by atoms with E-state index in [9.17, 15) is 0 Å². The van der Waals surface area contributed by atoms with Gasteiger partial charge in [0.25, 0.3) is 0 Å². The maximum atomic E-state index is 8.42. The fraction of sp³-hybridized carbons (Fsp3) is 1.00. The standard InChI is InChI=1S/C5H14N2O2/c6-5-7(1-3-8)2-4-9/h8-9H,1-6H2. The lowest BCUT2D eigenvalue weighted by molar-refractivity contribution is 0.164. The van der Waals surface area contributed by atoms with Gasteiger partial charge in [0.2, 0.25) is 0 Å². The van der Waals surface area contributed by atoms with E-state index >= 15 is 0 Å². The van der Waals surface area contributed by atoms with Gasteiger partial charge in [-0.2, -0.15) is 0 Å². The Morgan fingerprint density at radius 1 is 1.11 bits per heavy atom. The highest BCUT2D eigenvalue weighted by molar-refractivity contribution is 4.50. The molecule has 0 aromatic heterocycles. The summed E-state index contributed by atoms with van der Waals surface area (Å²) >= 11 is 0. The van der Waals surface area contributed by atoms with Gasteiger partial charge in [-0.25, -0.2) is 0 Å². The van der Waals surface area contributed by atoms with Crippen molar-refractivity contribution < 1.29 is 10.2 Å². The summed E-state index contributed by atoms with van der Waals surface area (Å²) in [6, 6.07) is 0. The molecule has 0 aliphatic carbocycles. The molecule has 0 aromatic carbocycles. The van der Waals surface area contributed by atoms with E-state index in [1.807, 2.05) is 0 Å². The fourth-order valence-electron chi connectivity index (χ4n) is 0.577. The number of nitrogens with zero attached hydrogens (tertiary/aromatic N) is 1. The zero-order valence-corrected chi connectivity index (χ0v) is 5.45. The van der Waals surface area contributed by atoms with Gasteiger partial charge in [0.1, 0.15) is 0 Å².